The minimum Gasteiger partial charge on any atom is -0.393 e. The highest BCUT2D eigenvalue weighted by Crippen LogP contribution is 2.34. The van der Waals surface area contributed by atoms with E-state index in [4.69, 9.17) is 0 Å². The SMILES string of the molecule is C=C(C(C)C)C(C)C.C=CCC(C(C)C)C(C)C.CC(C)C(C(C)C)S(=O)(=O)c1ccccc1.CC(C)C(C)(C)C(C)C.CC(C)C(C)C(C)C.CC(C)C(Cc1ccccc1)C(C)C.CC(C)C(F)C(C)C.CC(C)C(O)C(C)C. The van der Waals surface area contributed by atoms with E-state index in [-0.39, 0.29) is 35.0 Å². The molecule has 0 amide bonds. The Morgan fingerprint density at radius 1 is 0.469 bits per heavy atom. The normalized spacial score (nSPS) is 12.0. The molecule has 3 nitrogen and oxygen atoms in total. The van der Waals surface area contributed by atoms with Gasteiger partial charge in [0.2, 0.25) is 0 Å². The van der Waals surface area contributed by atoms with Crippen molar-refractivity contribution in [1.29, 1.82) is 0 Å². The molecule has 0 bridgehead atoms. The van der Waals surface area contributed by atoms with Crippen LogP contribution in [0.2, 0.25) is 0 Å². The van der Waals surface area contributed by atoms with Crippen LogP contribution in [-0.4, -0.2) is 31.0 Å². The standard InChI is InChI=1S/C14H22.C13H20O2S.C10H20.C9H20.C8H18.C8H16.C7H15F.C7H16O/c1-11(2)14(12(3)4)10-13-8-6-5-7-9-13;1-10(2)13(11(3)4)16(14,15)12-8-6-5-7-9-12;1-6-7-10(8(2)3)9(4)5;1-7(2)9(5,6)8(3)4;2*1-6(2)8(5)7(3)4;2*1-5(2)7(8)6(3)4/h5-9,11-12,14H,10H2,1-4H3;5-11,13H,1-4H3;6,8-10H,1,7H2,2-5H3;7-8H,1-6H3;6-8H,1-5H3;6-7H,5H2,1-4H3;5-7H,1-4H3;5-8H,1-4H3. The zero-order valence-electron chi connectivity index (χ0n) is 60.9. The lowest BCUT2D eigenvalue weighted by molar-refractivity contribution is 0.0801. The first-order valence-corrected chi connectivity index (χ1v) is 34.2. The summed E-state index contributed by atoms with van der Waals surface area (Å²) in [5.74, 6) is 11.6. The Bertz CT molecular complexity index is 1720. The smallest absolute Gasteiger partial charge is 0.181 e. The van der Waals surface area contributed by atoms with Crippen molar-refractivity contribution in [3.05, 3.63) is 91.0 Å². The van der Waals surface area contributed by atoms with Crippen LogP contribution in [0.1, 0.15) is 254 Å². The van der Waals surface area contributed by atoms with Crippen molar-refractivity contribution in [2.45, 2.75) is 278 Å². The van der Waals surface area contributed by atoms with Crippen LogP contribution in [0.4, 0.5) is 4.39 Å². The van der Waals surface area contributed by atoms with Gasteiger partial charge in [-0.15, -0.1) is 6.58 Å². The molecule has 2 rings (SSSR count). The number of alkyl halides is 1. The summed E-state index contributed by atoms with van der Waals surface area (Å²) in [5.41, 5.74) is 3.32. The fourth-order valence-electron chi connectivity index (χ4n) is 9.53. The average Bonchev–Trinajstić information content (AvgIpc) is 3.34. The lowest BCUT2D eigenvalue weighted by Gasteiger charge is -2.33. The van der Waals surface area contributed by atoms with E-state index in [2.05, 4.69) is 203 Å². The fraction of sp³-hybridized carbons (Fsp3) is 0.789. The van der Waals surface area contributed by atoms with E-state index in [0.29, 0.717) is 34.0 Å². The number of allylic oxidation sites excluding steroid dienone is 2. The molecule has 2 aromatic carbocycles. The number of halogens is 1. The van der Waals surface area contributed by atoms with Crippen LogP contribution in [-0.2, 0) is 16.3 Å². The van der Waals surface area contributed by atoms with Gasteiger partial charge in [-0.25, -0.2) is 12.8 Å². The summed E-state index contributed by atoms with van der Waals surface area (Å²) in [6.45, 7) is 83.8. The zero-order chi connectivity index (χ0) is 65.6. The highest BCUT2D eigenvalue weighted by Gasteiger charge is 2.32. The molecule has 0 aliphatic heterocycles. The summed E-state index contributed by atoms with van der Waals surface area (Å²) >= 11 is 0. The molecule has 0 atom stereocenters. The lowest BCUT2D eigenvalue weighted by Crippen LogP contribution is -2.32. The van der Waals surface area contributed by atoms with Gasteiger partial charge in [0.25, 0.3) is 0 Å². The second kappa shape index (κ2) is 47.9. The first-order valence-electron chi connectivity index (χ1n) is 32.6. The average molecular weight is 1160 g/mol. The third-order valence-electron chi connectivity index (χ3n) is 17.1. The Morgan fingerprint density at radius 2 is 0.778 bits per heavy atom. The van der Waals surface area contributed by atoms with Gasteiger partial charge in [0.15, 0.2) is 9.84 Å². The highest BCUT2D eigenvalue weighted by molar-refractivity contribution is 7.92. The van der Waals surface area contributed by atoms with Gasteiger partial charge in [-0.1, -0.05) is 309 Å². The van der Waals surface area contributed by atoms with Crippen molar-refractivity contribution in [3.63, 3.8) is 0 Å². The van der Waals surface area contributed by atoms with E-state index in [1.807, 2.05) is 95.2 Å². The van der Waals surface area contributed by atoms with Crippen molar-refractivity contribution < 1.29 is 17.9 Å². The predicted molar refractivity (Wildman–Crippen MR) is 370 cm³/mol. The maximum absolute atomic E-state index is 12.6. The number of hydrogen-bond acceptors (Lipinski definition) is 3. The molecule has 0 saturated carbocycles. The fourth-order valence-corrected chi connectivity index (χ4v) is 11.8. The topological polar surface area (TPSA) is 54.4 Å². The number of rotatable bonds is 22. The minimum absolute atomic E-state index is 0.130. The van der Waals surface area contributed by atoms with Gasteiger partial charge in [-0.2, -0.15) is 0 Å². The van der Waals surface area contributed by atoms with Gasteiger partial charge in [0.05, 0.1) is 16.2 Å². The maximum Gasteiger partial charge on any atom is 0.181 e. The molecular weight excluding hydrogens is 1010 g/mol. The Kier molecular flexibility index (Phi) is 53.2. The molecule has 0 spiro atoms. The van der Waals surface area contributed by atoms with Crippen molar-refractivity contribution in [2.24, 2.45) is 118 Å². The van der Waals surface area contributed by atoms with Gasteiger partial charge >= 0.3 is 0 Å². The number of aliphatic hydroxyl groups excluding tert-OH is 1. The largest absolute Gasteiger partial charge is 0.393 e. The van der Waals surface area contributed by atoms with Crippen LogP contribution in [0.5, 0.6) is 0 Å². The Morgan fingerprint density at radius 3 is 0.926 bits per heavy atom. The predicted octanol–water partition coefficient (Wildman–Crippen LogP) is 24.2. The van der Waals surface area contributed by atoms with Crippen molar-refractivity contribution in [1.82, 2.24) is 0 Å². The third kappa shape index (κ3) is 44.0. The van der Waals surface area contributed by atoms with E-state index in [0.717, 1.165) is 71.5 Å². The van der Waals surface area contributed by atoms with Gasteiger partial charge in [0, 0.05) is 0 Å². The van der Waals surface area contributed by atoms with E-state index in [9.17, 15) is 17.9 Å². The molecule has 0 heterocycles. The van der Waals surface area contributed by atoms with Gasteiger partial charge in [0.1, 0.15) is 6.17 Å². The van der Waals surface area contributed by atoms with E-state index in [1.54, 1.807) is 24.3 Å². The Hall–Kier alpha value is -2.24. The number of benzene rings is 2. The van der Waals surface area contributed by atoms with Gasteiger partial charge in [-0.05, 0) is 148 Å². The molecule has 1 N–H and O–H groups in total. The molecule has 0 fully saturated rings. The van der Waals surface area contributed by atoms with Crippen LogP contribution in [0, 0.1) is 118 Å². The van der Waals surface area contributed by atoms with Crippen molar-refractivity contribution in [2.75, 3.05) is 0 Å². The molecule has 482 valence electrons. The van der Waals surface area contributed by atoms with E-state index < -0.39 is 16.0 Å². The quantitative estimate of drug-likeness (QED) is 0.120. The Balaban J connectivity index is -0.000000202. The van der Waals surface area contributed by atoms with Crippen molar-refractivity contribution >= 4 is 9.84 Å². The summed E-state index contributed by atoms with van der Waals surface area (Å²) in [6.07, 6.45) is 3.65. The monoisotopic (exact) mass is 1160 g/mol. The summed E-state index contributed by atoms with van der Waals surface area (Å²) in [6, 6.07) is 19.5. The second-order valence-corrected chi connectivity index (χ2v) is 31.7. The minimum atomic E-state index is -3.20. The van der Waals surface area contributed by atoms with Crippen LogP contribution < -0.4 is 0 Å². The summed E-state index contributed by atoms with van der Waals surface area (Å²) < 4.78 is 37.5. The first kappa shape index (κ1) is 90.0. The van der Waals surface area contributed by atoms with Crippen LogP contribution in [0.15, 0.2) is 90.4 Å². The summed E-state index contributed by atoms with van der Waals surface area (Å²) in [5, 5.41) is 8.89. The highest BCUT2D eigenvalue weighted by atomic mass is 32.2. The molecule has 0 aliphatic carbocycles. The maximum atomic E-state index is 12.6. The first-order chi connectivity index (χ1) is 36.7. The lowest BCUT2D eigenvalue weighted by atomic mass is 9.72. The van der Waals surface area contributed by atoms with Gasteiger partial charge in [-0.3, -0.25) is 0 Å². The second-order valence-electron chi connectivity index (χ2n) is 29.6. The molecule has 0 unspecified atom stereocenters. The summed E-state index contributed by atoms with van der Waals surface area (Å²) in [4.78, 5) is 0.433. The van der Waals surface area contributed by atoms with Crippen LogP contribution in [0.3, 0.4) is 0 Å². The van der Waals surface area contributed by atoms with E-state index in [1.165, 1.54) is 17.6 Å². The Labute approximate surface area is 511 Å². The number of hydrogen-bond donors (Lipinski definition) is 1. The molecule has 81 heavy (non-hydrogen) atoms. The molecule has 0 aliphatic rings. The molecule has 2 aromatic rings. The van der Waals surface area contributed by atoms with Gasteiger partial charge < -0.3 is 5.11 Å². The molecule has 0 radical (unpaired) electrons. The molecule has 0 saturated heterocycles. The van der Waals surface area contributed by atoms with Crippen LogP contribution >= 0.6 is 0 Å². The number of aliphatic hydroxyl groups is 1. The molecule has 0 aromatic heterocycles. The zero-order valence-corrected chi connectivity index (χ0v) is 61.7. The third-order valence-corrected chi connectivity index (χ3v) is 19.9. The molecular formula is C76H147FO3S. The molecule has 5 heteroatoms. The van der Waals surface area contributed by atoms with Crippen molar-refractivity contribution in [3.8, 4) is 0 Å². The number of sulfone groups is 1. The van der Waals surface area contributed by atoms with E-state index >= 15 is 0 Å². The van der Waals surface area contributed by atoms with Crippen LogP contribution in [0.25, 0.3) is 0 Å². The summed E-state index contributed by atoms with van der Waals surface area (Å²) in [7, 11) is -3.20.